The van der Waals surface area contributed by atoms with Crippen molar-refractivity contribution < 1.29 is 28.7 Å². The van der Waals surface area contributed by atoms with E-state index in [1.54, 1.807) is 12.1 Å². The first-order valence-electron chi connectivity index (χ1n) is 10.7. The number of esters is 1. The largest absolute Gasteiger partial charge is 0.454 e. The van der Waals surface area contributed by atoms with Gasteiger partial charge in [-0.05, 0) is 30.7 Å². The lowest BCUT2D eigenvalue weighted by Gasteiger charge is -2.24. The van der Waals surface area contributed by atoms with Gasteiger partial charge in [-0.15, -0.1) is 0 Å². The lowest BCUT2D eigenvalue weighted by molar-refractivity contribution is -0.152. The Morgan fingerprint density at radius 1 is 0.919 bits per heavy atom. The van der Waals surface area contributed by atoms with E-state index in [-0.39, 0.29) is 43.2 Å². The molecular weight excluding hydrogens is 636 g/mol. The zero-order valence-corrected chi connectivity index (χ0v) is 23.6. The van der Waals surface area contributed by atoms with E-state index in [9.17, 15) is 24.0 Å². The van der Waals surface area contributed by atoms with Gasteiger partial charge in [0.25, 0.3) is 23.6 Å². The van der Waals surface area contributed by atoms with Crippen LogP contribution >= 0.6 is 62.3 Å². The highest BCUT2D eigenvalue weighted by Gasteiger charge is 2.47. The molecule has 1 aliphatic heterocycles. The van der Waals surface area contributed by atoms with Crippen molar-refractivity contribution in [2.75, 3.05) is 6.61 Å². The average molecular weight is 654 g/mol. The van der Waals surface area contributed by atoms with E-state index in [1.807, 2.05) is 6.92 Å². The third kappa shape index (κ3) is 6.21. The Balaban J connectivity index is 1.70. The molecule has 0 aliphatic carbocycles. The third-order valence-electron chi connectivity index (χ3n) is 5.31. The number of carbonyl (C=O) groups excluding carboxylic acids is 5. The maximum atomic E-state index is 13.1. The van der Waals surface area contributed by atoms with Gasteiger partial charge >= 0.3 is 5.97 Å². The van der Waals surface area contributed by atoms with E-state index in [0.717, 1.165) is 4.47 Å². The first kappa shape index (κ1) is 29.2. The van der Waals surface area contributed by atoms with Crippen LogP contribution in [0.4, 0.5) is 0 Å². The summed E-state index contributed by atoms with van der Waals surface area (Å²) in [5.41, 5.74) is 4.06. The van der Waals surface area contributed by atoms with Gasteiger partial charge in [0.1, 0.15) is 6.04 Å². The highest BCUT2D eigenvalue weighted by molar-refractivity contribution is 9.10. The molecule has 0 saturated carbocycles. The zero-order chi connectivity index (χ0) is 27.4. The van der Waals surface area contributed by atoms with Crippen LogP contribution in [0, 0.1) is 0 Å². The molecule has 14 heteroatoms. The summed E-state index contributed by atoms with van der Waals surface area (Å²) >= 11 is 27.7. The van der Waals surface area contributed by atoms with E-state index in [2.05, 4.69) is 26.8 Å². The Morgan fingerprint density at radius 3 is 1.97 bits per heavy atom. The van der Waals surface area contributed by atoms with Gasteiger partial charge in [-0.1, -0.05) is 82.1 Å². The minimum absolute atomic E-state index is 0.0550. The zero-order valence-electron chi connectivity index (χ0n) is 19.0. The molecule has 0 spiro atoms. The lowest BCUT2D eigenvalue weighted by Crippen LogP contribution is -2.47. The van der Waals surface area contributed by atoms with Crippen molar-refractivity contribution in [3.8, 4) is 0 Å². The number of hydrogen-bond acceptors (Lipinski definition) is 6. The number of unbranched alkanes of at least 4 members (excludes halogenated alkanes) is 1. The van der Waals surface area contributed by atoms with Crippen LogP contribution in [-0.2, 0) is 14.3 Å². The van der Waals surface area contributed by atoms with Crippen molar-refractivity contribution in [2.45, 2.75) is 32.2 Å². The fourth-order valence-electron chi connectivity index (χ4n) is 3.47. The molecule has 0 saturated heterocycles. The van der Waals surface area contributed by atoms with Crippen LogP contribution < -0.4 is 10.9 Å². The molecule has 0 aromatic heterocycles. The molecule has 9 nitrogen and oxygen atoms in total. The lowest BCUT2D eigenvalue weighted by atomic mass is 10.1. The number of hydrogen-bond donors (Lipinski definition) is 2. The Kier molecular flexibility index (Phi) is 9.82. The fraction of sp³-hybridized carbons (Fsp3) is 0.261. The molecule has 0 bridgehead atoms. The molecule has 4 amide bonds. The molecule has 3 rings (SSSR count). The molecule has 2 aromatic carbocycles. The smallest absolute Gasteiger partial charge is 0.329 e. The monoisotopic (exact) mass is 651 g/mol. The Hall–Kier alpha value is -2.37. The molecule has 1 atom stereocenters. The molecule has 196 valence electrons. The second kappa shape index (κ2) is 12.4. The number of carbonyl (C=O) groups is 5. The number of ether oxygens (including phenoxy) is 1. The summed E-state index contributed by atoms with van der Waals surface area (Å²) in [6, 6.07) is 4.99. The van der Waals surface area contributed by atoms with Crippen molar-refractivity contribution in [3.63, 3.8) is 0 Å². The average Bonchev–Trinajstić information content (AvgIpc) is 3.14. The van der Waals surface area contributed by atoms with Gasteiger partial charge < -0.3 is 4.74 Å². The van der Waals surface area contributed by atoms with Gasteiger partial charge in [-0.2, -0.15) is 0 Å². The van der Waals surface area contributed by atoms with Crippen LogP contribution in [-0.4, -0.2) is 47.1 Å². The second-order valence-corrected chi connectivity index (χ2v) is 10.2. The van der Waals surface area contributed by atoms with Crippen LogP contribution in [0.2, 0.25) is 20.1 Å². The van der Waals surface area contributed by atoms with Gasteiger partial charge in [0.2, 0.25) is 0 Å². The van der Waals surface area contributed by atoms with E-state index < -0.39 is 42.2 Å². The highest BCUT2D eigenvalue weighted by atomic mass is 79.9. The molecule has 1 heterocycles. The highest BCUT2D eigenvalue weighted by Crippen LogP contribution is 2.45. The molecule has 1 aliphatic rings. The van der Waals surface area contributed by atoms with Crippen LogP contribution in [0.5, 0.6) is 0 Å². The number of imide groups is 1. The van der Waals surface area contributed by atoms with Gasteiger partial charge in [-0.3, -0.25) is 34.9 Å². The number of halogens is 5. The van der Waals surface area contributed by atoms with Gasteiger partial charge in [-0.25, -0.2) is 4.79 Å². The van der Waals surface area contributed by atoms with E-state index in [1.165, 1.54) is 12.1 Å². The Bertz CT molecular complexity index is 1240. The summed E-state index contributed by atoms with van der Waals surface area (Å²) in [6.07, 6.45) is 1.14. The Morgan fingerprint density at radius 2 is 1.46 bits per heavy atom. The van der Waals surface area contributed by atoms with E-state index >= 15 is 0 Å². The van der Waals surface area contributed by atoms with E-state index in [0.29, 0.717) is 17.7 Å². The van der Waals surface area contributed by atoms with Crippen LogP contribution in [0.15, 0.2) is 28.7 Å². The van der Waals surface area contributed by atoms with Crippen molar-refractivity contribution >= 4 is 91.9 Å². The first-order chi connectivity index (χ1) is 17.5. The van der Waals surface area contributed by atoms with Crippen molar-refractivity contribution in [2.24, 2.45) is 0 Å². The first-order valence-corrected chi connectivity index (χ1v) is 13.0. The summed E-state index contributed by atoms with van der Waals surface area (Å²) < 4.78 is 5.83. The van der Waals surface area contributed by atoms with Crippen LogP contribution in [0.3, 0.4) is 0 Å². The summed E-state index contributed by atoms with van der Waals surface area (Å²) in [5.74, 6) is -4.24. The fourth-order valence-corrected chi connectivity index (χ4v) is 4.75. The number of fused-ring (bicyclic) bond motifs is 1. The molecule has 2 N–H and O–H groups in total. The third-order valence-corrected chi connectivity index (χ3v) is 7.65. The topological polar surface area (TPSA) is 122 Å². The quantitative estimate of drug-likeness (QED) is 0.132. The number of amides is 4. The summed E-state index contributed by atoms with van der Waals surface area (Å²) in [4.78, 5) is 64.2. The summed E-state index contributed by atoms with van der Waals surface area (Å²) in [5, 5.41) is -0.944. The molecule has 0 fully saturated rings. The molecule has 0 radical (unpaired) electrons. The number of nitrogens with zero attached hydrogens (tertiary/aromatic N) is 1. The number of rotatable bonds is 8. The van der Waals surface area contributed by atoms with E-state index in [4.69, 9.17) is 51.1 Å². The van der Waals surface area contributed by atoms with Crippen LogP contribution in [0.1, 0.15) is 57.3 Å². The maximum Gasteiger partial charge on any atom is 0.329 e. The predicted octanol–water partition coefficient (Wildman–Crippen LogP) is 5.22. The van der Waals surface area contributed by atoms with Gasteiger partial charge in [0.15, 0.2) is 6.61 Å². The van der Waals surface area contributed by atoms with Gasteiger partial charge in [0.05, 0.1) is 31.2 Å². The maximum absolute atomic E-state index is 13.1. The normalized spacial score (nSPS) is 13.3. The molecule has 37 heavy (non-hydrogen) atoms. The van der Waals surface area contributed by atoms with Crippen molar-refractivity contribution in [1.82, 2.24) is 15.8 Å². The summed E-state index contributed by atoms with van der Waals surface area (Å²) in [6.45, 7) is 1.06. The van der Waals surface area contributed by atoms with Crippen molar-refractivity contribution in [3.05, 3.63) is 65.5 Å². The summed E-state index contributed by atoms with van der Waals surface area (Å²) in [7, 11) is 0. The molecule has 0 unspecified atom stereocenters. The number of hydrazine groups is 1. The van der Waals surface area contributed by atoms with Crippen LogP contribution in [0.25, 0.3) is 0 Å². The minimum atomic E-state index is -1.37. The molecule has 2 aromatic rings. The van der Waals surface area contributed by atoms with Gasteiger partial charge in [0, 0.05) is 10.0 Å². The Labute approximate surface area is 239 Å². The SMILES string of the molecule is CCCC[C@H](C(=O)OCC(=O)NNC(=O)c1ccc(Br)cc1)N1C(=O)c2c(Cl)c(Cl)c(Cl)c(Cl)c2C1=O. The van der Waals surface area contributed by atoms with Crippen molar-refractivity contribution in [1.29, 1.82) is 0 Å². The molecular formula is C23H18BrCl4N3O6. The standard InChI is InChI=1S/C23H18BrCl4N3O6/c1-2-3-4-12(31-21(34)14-15(22(31)35)17(26)19(28)18(27)16(14)25)23(36)37-9-13(32)29-30-20(33)10-5-7-11(24)8-6-10/h5-8,12H,2-4,9H2,1H3,(H,29,32)(H,30,33)/t12-/m1/s1. The number of nitrogens with one attached hydrogen (secondary N) is 2. The minimum Gasteiger partial charge on any atom is -0.454 e. The second-order valence-electron chi connectivity index (χ2n) is 7.76. The predicted molar refractivity (Wildman–Crippen MR) is 141 cm³/mol. The number of benzene rings is 2.